The molecule has 0 bridgehead atoms. The average molecular weight is 235 g/mol. The number of nitrogen functional groups attached to an aromatic ring is 2. The Morgan fingerprint density at radius 2 is 2.06 bits per heavy atom. The summed E-state index contributed by atoms with van der Waals surface area (Å²) < 4.78 is 5.95. The first-order chi connectivity index (χ1) is 8.20. The molecule has 4 heteroatoms. The number of ether oxygens (including phenoxy) is 1. The number of aromatic nitrogens is 1. The highest BCUT2D eigenvalue weighted by Gasteiger charge is 2.25. The lowest BCUT2D eigenvalue weighted by Gasteiger charge is -2.30. The van der Waals surface area contributed by atoms with Crippen LogP contribution in [0.1, 0.15) is 39.0 Å². The molecule has 2 rings (SSSR count). The van der Waals surface area contributed by atoms with E-state index in [1.54, 1.807) is 12.1 Å². The Morgan fingerprint density at radius 1 is 1.29 bits per heavy atom. The van der Waals surface area contributed by atoms with Crippen molar-refractivity contribution < 1.29 is 4.74 Å². The van der Waals surface area contributed by atoms with Gasteiger partial charge in [-0.3, -0.25) is 0 Å². The largest absolute Gasteiger partial charge is 0.474 e. The van der Waals surface area contributed by atoms with Crippen LogP contribution in [-0.2, 0) is 0 Å². The van der Waals surface area contributed by atoms with Crippen LogP contribution >= 0.6 is 0 Å². The van der Waals surface area contributed by atoms with Crippen LogP contribution in [0, 0.1) is 5.92 Å². The average Bonchev–Trinajstić information content (AvgIpc) is 2.34. The Balaban J connectivity index is 2.05. The summed E-state index contributed by atoms with van der Waals surface area (Å²) >= 11 is 0. The molecule has 0 amide bonds. The van der Waals surface area contributed by atoms with Crippen LogP contribution in [-0.4, -0.2) is 11.1 Å². The highest BCUT2D eigenvalue weighted by molar-refractivity contribution is 5.58. The van der Waals surface area contributed by atoms with Gasteiger partial charge in [-0.2, -0.15) is 4.98 Å². The van der Waals surface area contributed by atoms with E-state index >= 15 is 0 Å². The molecule has 4 nitrogen and oxygen atoms in total. The Labute approximate surface area is 102 Å². The summed E-state index contributed by atoms with van der Waals surface area (Å²) in [5, 5.41) is 0. The molecule has 0 spiro atoms. The van der Waals surface area contributed by atoms with Gasteiger partial charge in [0.2, 0.25) is 5.88 Å². The molecule has 1 saturated carbocycles. The van der Waals surface area contributed by atoms with Gasteiger partial charge in [0.1, 0.15) is 6.10 Å². The Hall–Kier alpha value is -1.45. The van der Waals surface area contributed by atoms with Crippen LogP contribution < -0.4 is 16.2 Å². The second-order valence-electron chi connectivity index (χ2n) is 4.73. The molecule has 1 heterocycles. The predicted molar refractivity (Wildman–Crippen MR) is 69.7 cm³/mol. The molecule has 1 aliphatic rings. The van der Waals surface area contributed by atoms with Gasteiger partial charge >= 0.3 is 0 Å². The van der Waals surface area contributed by atoms with E-state index in [0.29, 0.717) is 23.3 Å². The van der Waals surface area contributed by atoms with Gasteiger partial charge in [-0.1, -0.05) is 13.3 Å². The number of hydrogen-bond donors (Lipinski definition) is 2. The second-order valence-corrected chi connectivity index (χ2v) is 4.73. The van der Waals surface area contributed by atoms with Crippen molar-refractivity contribution in [2.45, 2.75) is 45.1 Å². The van der Waals surface area contributed by atoms with Crippen LogP contribution in [0.15, 0.2) is 12.1 Å². The van der Waals surface area contributed by atoms with E-state index < -0.39 is 0 Å². The van der Waals surface area contributed by atoms with Crippen LogP contribution in [0.5, 0.6) is 5.88 Å². The zero-order chi connectivity index (χ0) is 12.3. The maximum atomic E-state index is 5.95. The monoisotopic (exact) mass is 235 g/mol. The molecule has 1 fully saturated rings. The molecule has 2 unspecified atom stereocenters. The van der Waals surface area contributed by atoms with Crippen molar-refractivity contribution >= 4 is 11.5 Å². The zero-order valence-electron chi connectivity index (χ0n) is 10.4. The van der Waals surface area contributed by atoms with Crippen LogP contribution in [0.2, 0.25) is 0 Å². The third-order valence-electron chi connectivity index (χ3n) is 3.57. The normalized spacial score (nSPS) is 24.5. The molecule has 0 aliphatic heterocycles. The maximum Gasteiger partial charge on any atom is 0.215 e. The van der Waals surface area contributed by atoms with E-state index in [0.717, 1.165) is 12.8 Å². The molecule has 0 aromatic carbocycles. The summed E-state index contributed by atoms with van der Waals surface area (Å²) in [6.07, 6.45) is 6.37. The van der Waals surface area contributed by atoms with Gasteiger partial charge in [0.05, 0.1) is 5.69 Å². The van der Waals surface area contributed by atoms with E-state index in [1.165, 1.54) is 19.3 Å². The minimum Gasteiger partial charge on any atom is -0.474 e. The topological polar surface area (TPSA) is 74.2 Å². The van der Waals surface area contributed by atoms with Crippen molar-refractivity contribution in [2.75, 3.05) is 11.5 Å². The quantitative estimate of drug-likeness (QED) is 0.844. The molecule has 0 saturated heterocycles. The molecular weight excluding hydrogens is 214 g/mol. The number of anilines is 2. The van der Waals surface area contributed by atoms with Gasteiger partial charge in [0.25, 0.3) is 0 Å². The molecule has 1 aromatic heterocycles. The van der Waals surface area contributed by atoms with Gasteiger partial charge in [-0.25, -0.2) is 0 Å². The number of rotatable bonds is 3. The highest BCUT2D eigenvalue weighted by Crippen LogP contribution is 2.30. The molecule has 94 valence electrons. The first kappa shape index (κ1) is 12.0. The second kappa shape index (κ2) is 5.25. The summed E-state index contributed by atoms with van der Waals surface area (Å²) in [6.45, 7) is 2.22. The van der Waals surface area contributed by atoms with Crippen LogP contribution in [0.25, 0.3) is 0 Å². The van der Waals surface area contributed by atoms with E-state index in [2.05, 4.69) is 11.9 Å². The smallest absolute Gasteiger partial charge is 0.215 e. The first-order valence-corrected chi connectivity index (χ1v) is 6.39. The lowest BCUT2D eigenvalue weighted by atomic mass is 9.85. The third kappa shape index (κ3) is 2.81. The predicted octanol–water partition coefficient (Wildman–Crippen LogP) is 2.59. The Bertz CT molecular complexity index is 381. The minimum atomic E-state index is 0.282. The van der Waals surface area contributed by atoms with Crippen molar-refractivity contribution in [1.82, 2.24) is 4.98 Å². The number of nitrogens with zero attached hydrogens (tertiary/aromatic N) is 1. The fourth-order valence-electron chi connectivity index (χ4n) is 2.48. The van der Waals surface area contributed by atoms with Gasteiger partial charge in [0.15, 0.2) is 5.82 Å². The summed E-state index contributed by atoms with van der Waals surface area (Å²) in [4.78, 5) is 4.17. The van der Waals surface area contributed by atoms with Crippen molar-refractivity contribution in [3.63, 3.8) is 0 Å². The molecule has 0 radical (unpaired) electrons. The zero-order valence-corrected chi connectivity index (χ0v) is 10.4. The van der Waals surface area contributed by atoms with Crippen molar-refractivity contribution in [2.24, 2.45) is 5.92 Å². The van der Waals surface area contributed by atoms with Gasteiger partial charge in [0, 0.05) is 6.07 Å². The molecular formula is C13H21N3O. The van der Waals surface area contributed by atoms with E-state index in [4.69, 9.17) is 16.2 Å². The molecule has 2 atom stereocenters. The van der Waals surface area contributed by atoms with Crippen LogP contribution in [0.3, 0.4) is 0 Å². The summed E-state index contributed by atoms with van der Waals surface area (Å²) in [6, 6.07) is 3.55. The lowest BCUT2D eigenvalue weighted by molar-refractivity contribution is 0.0860. The van der Waals surface area contributed by atoms with Crippen molar-refractivity contribution in [1.29, 1.82) is 0 Å². The van der Waals surface area contributed by atoms with E-state index in [-0.39, 0.29) is 6.10 Å². The summed E-state index contributed by atoms with van der Waals surface area (Å²) in [7, 11) is 0. The summed E-state index contributed by atoms with van der Waals surface area (Å²) in [5.74, 6) is 1.60. The SMILES string of the molecule is CCC1CCCCC1Oc1ccc(N)c(N)n1. The molecule has 4 N–H and O–H groups in total. The lowest BCUT2D eigenvalue weighted by Crippen LogP contribution is -2.30. The van der Waals surface area contributed by atoms with Gasteiger partial charge < -0.3 is 16.2 Å². The van der Waals surface area contributed by atoms with Gasteiger partial charge in [-0.05, 0) is 37.7 Å². The number of nitrogens with two attached hydrogens (primary N) is 2. The van der Waals surface area contributed by atoms with Gasteiger partial charge in [-0.15, -0.1) is 0 Å². The highest BCUT2D eigenvalue weighted by atomic mass is 16.5. The standard InChI is InChI=1S/C13H21N3O/c1-2-9-5-3-4-6-11(9)17-12-8-7-10(14)13(15)16-12/h7-9,11H,2-6,14H2,1H3,(H2,15,16). The number of hydrogen-bond acceptors (Lipinski definition) is 4. The van der Waals surface area contributed by atoms with Crippen molar-refractivity contribution in [3.05, 3.63) is 12.1 Å². The molecule has 17 heavy (non-hydrogen) atoms. The molecule has 1 aromatic rings. The molecule has 1 aliphatic carbocycles. The Morgan fingerprint density at radius 3 is 2.76 bits per heavy atom. The van der Waals surface area contributed by atoms with Crippen LogP contribution in [0.4, 0.5) is 11.5 Å². The number of pyridine rings is 1. The fraction of sp³-hybridized carbons (Fsp3) is 0.615. The van der Waals surface area contributed by atoms with E-state index in [1.807, 2.05) is 0 Å². The fourth-order valence-corrected chi connectivity index (χ4v) is 2.48. The first-order valence-electron chi connectivity index (χ1n) is 6.39. The maximum absolute atomic E-state index is 5.95. The Kier molecular flexibility index (Phi) is 3.71. The van der Waals surface area contributed by atoms with E-state index in [9.17, 15) is 0 Å². The summed E-state index contributed by atoms with van der Waals surface area (Å²) in [5.41, 5.74) is 11.8. The van der Waals surface area contributed by atoms with Crippen molar-refractivity contribution in [3.8, 4) is 5.88 Å². The minimum absolute atomic E-state index is 0.282. The third-order valence-corrected chi connectivity index (χ3v) is 3.57.